The SMILES string of the molecule is O=C(Nc1cccc(Cl)c1)OCC#CCCl.O=C(O)CCCCCCl. The molecule has 8 heteroatoms. The van der Waals surface area contributed by atoms with Crippen LogP contribution >= 0.6 is 34.8 Å². The molecule has 1 rings (SSSR count). The molecule has 0 saturated heterocycles. The summed E-state index contributed by atoms with van der Waals surface area (Å²) in [7, 11) is 0. The first kappa shape index (κ1) is 23.4. The number of aliphatic carboxylic acids is 1. The molecule has 2 N–H and O–H groups in total. The van der Waals surface area contributed by atoms with E-state index in [-0.39, 0.29) is 18.9 Å². The number of anilines is 1. The van der Waals surface area contributed by atoms with Crippen LogP contribution in [0.5, 0.6) is 0 Å². The minimum absolute atomic E-state index is 0.0130. The number of hydrogen-bond acceptors (Lipinski definition) is 3. The molecule has 1 amide bonds. The molecule has 0 bridgehead atoms. The lowest BCUT2D eigenvalue weighted by Crippen LogP contribution is -2.13. The fraction of sp³-hybridized carbons (Fsp3) is 0.412. The number of nitrogens with one attached hydrogen (secondary N) is 1. The zero-order chi connectivity index (χ0) is 18.9. The maximum absolute atomic E-state index is 11.2. The highest BCUT2D eigenvalue weighted by Gasteiger charge is 2.01. The van der Waals surface area contributed by atoms with Gasteiger partial charge >= 0.3 is 12.1 Å². The molecule has 0 radical (unpaired) electrons. The molecule has 0 aliphatic carbocycles. The van der Waals surface area contributed by atoms with Crippen molar-refractivity contribution in [1.29, 1.82) is 0 Å². The van der Waals surface area contributed by atoms with Crippen LogP contribution in [0.15, 0.2) is 24.3 Å². The van der Waals surface area contributed by atoms with Gasteiger partial charge in [-0.1, -0.05) is 35.9 Å². The minimum atomic E-state index is -0.718. The summed E-state index contributed by atoms with van der Waals surface area (Å²) in [5.41, 5.74) is 0.572. The number of amides is 1. The van der Waals surface area contributed by atoms with Crippen molar-refractivity contribution in [2.45, 2.75) is 25.7 Å². The Kier molecular flexibility index (Phi) is 14.9. The third-order valence-electron chi connectivity index (χ3n) is 2.56. The van der Waals surface area contributed by atoms with Crippen molar-refractivity contribution in [2.75, 3.05) is 23.7 Å². The number of benzene rings is 1. The number of carbonyl (C=O) groups is 2. The summed E-state index contributed by atoms with van der Waals surface area (Å²) in [6, 6.07) is 6.76. The van der Waals surface area contributed by atoms with Crippen molar-refractivity contribution in [3.05, 3.63) is 29.3 Å². The Morgan fingerprint density at radius 1 is 1.16 bits per heavy atom. The van der Waals surface area contributed by atoms with Crippen LogP contribution in [-0.4, -0.2) is 35.5 Å². The van der Waals surface area contributed by atoms with Crippen molar-refractivity contribution in [3.63, 3.8) is 0 Å². The summed E-state index contributed by atoms with van der Waals surface area (Å²) in [5, 5.41) is 11.2. The van der Waals surface area contributed by atoms with Crippen molar-refractivity contribution in [3.8, 4) is 11.8 Å². The second kappa shape index (κ2) is 15.9. The lowest BCUT2D eigenvalue weighted by atomic mass is 10.2. The smallest absolute Gasteiger partial charge is 0.412 e. The third-order valence-corrected chi connectivity index (χ3v) is 3.20. The number of carbonyl (C=O) groups excluding carboxylic acids is 1. The molecule has 0 spiro atoms. The van der Waals surface area contributed by atoms with Gasteiger partial charge in [0.1, 0.15) is 0 Å². The number of carboxylic acids is 1. The molecule has 0 heterocycles. The first-order chi connectivity index (χ1) is 12.0. The van der Waals surface area contributed by atoms with Crippen LogP contribution < -0.4 is 5.32 Å². The van der Waals surface area contributed by atoms with Gasteiger partial charge in [-0.3, -0.25) is 10.1 Å². The monoisotopic (exact) mass is 407 g/mol. The number of rotatable bonds is 7. The molecule has 0 atom stereocenters. The fourth-order valence-corrected chi connectivity index (χ4v) is 1.94. The van der Waals surface area contributed by atoms with Crippen molar-refractivity contribution < 1.29 is 19.4 Å². The molecule has 0 unspecified atom stereocenters. The molecule has 0 saturated carbocycles. The molecule has 0 aliphatic heterocycles. The van der Waals surface area contributed by atoms with Gasteiger partial charge in [0.15, 0.2) is 6.61 Å². The van der Waals surface area contributed by atoms with Crippen LogP contribution in [0.2, 0.25) is 5.02 Å². The second-order valence-electron chi connectivity index (χ2n) is 4.59. The van der Waals surface area contributed by atoms with Crippen molar-refractivity contribution >= 4 is 52.6 Å². The van der Waals surface area contributed by atoms with E-state index in [1.807, 2.05) is 0 Å². The van der Waals surface area contributed by atoms with Gasteiger partial charge in [-0.2, -0.15) is 0 Å². The van der Waals surface area contributed by atoms with E-state index >= 15 is 0 Å². The molecular formula is C17H20Cl3NO4. The highest BCUT2D eigenvalue weighted by molar-refractivity contribution is 6.30. The Morgan fingerprint density at radius 3 is 2.52 bits per heavy atom. The van der Waals surface area contributed by atoms with Crippen LogP contribution in [0.25, 0.3) is 0 Å². The molecule has 0 aliphatic rings. The predicted molar refractivity (Wildman–Crippen MR) is 102 cm³/mol. The van der Waals surface area contributed by atoms with Crippen molar-refractivity contribution in [2.24, 2.45) is 0 Å². The zero-order valence-electron chi connectivity index (χ0n) is 13.6. The molecule has 1 aromatic rings. The lowest BCUT2D eigenvalue weighted by molar-refractivity contribution is -0.137. The molecule has 1 aromatic carbocycles. The summed E-state index contributed by atoms with van der Waals surface area (Å²) in [4.78, 5) is 21.1. The molecular weight excluding hydrogens is 389 g/mol. The normalized spacial score (nSPS) is 9.08. The number of unbranched alkanes of at least 4 members (excludes halogenated alkanes) is 2. The summed E-state index contributed by atoms with van der Waals surface area (Å²) in [6.45, 7) is 0.0130. The fourth-order valence-electron chi connectivity index (χ4n) is 1.47. The van der Waals surface area contributed by atoms with Gasteiger partial charge in [-0.15, -0.1) is 23.2 Å². The van der Waals surface area contributed by atoms with E-state index in [2.05, 4.69) is 17.2 Å². The maximum atomic E-state index is 11.2. The van der Waals surface area contributed by atoms with Gasteiger partial charge in [0, 0.05) is 23.0 Å². The van der Waals surface area contributed by atoms with Crippen LogP contribution in [0.4, 0.5) is 10.5 Å². The van der Waals surface area contributed by atoms with Crippen molar-refractivity contribution in [1.82, 2.24) is 0 Å². The molecule has 0 fully saturated rings. The summed E-state index contributed by atoms with van der Waals surface area (Å²) >= 11 is 16.4. The minimum Gasteiger partial charge on any atom is -0.481 e. The quantitative estimate of drug-likeness (QED) is 0.378. The van der Waals surface area contributed by atoms with Gasteiger partial charge < -0.3 is 9.84 Å². The Labute approximate surface area is 162 Å². The Hall–Kier alpha value is -1.61. The average molecular weight is 409 g/mol. The summed E-state index contributed by atoms with van der Waals surface area (Å²) < 4.78 is 4.76. The Morgan fingerprint density at radius 2 is 1.92 bits per heavy atom. The number of hydrogen-bond donors (Lipinski definition) is 2. The average Bonchev–Trinajstić information content (AvgIpc) is 2.56. The van der Waals surface area contributed by atoms with Gasteiger partial charge in [-0.25, -0.2) is 4.79 Å². The van der Waals surface area contributed by atoms with Gasteiger partial charge in [0.25, 0.3) is 0 Å². The molecule has 5 nitrogen and oxygen atoms in total. The summed E-state index contributed by atoms with van der Waals surface area (Å²) in [5.74, 6) is 5.28. The van der Waals surface area contributed by atoms with E-state index in [4.69, 9.17) is 44.6 Å². The number of alkyl halides is 2. The number of halogens is 3. The number of ether oxygens (including phenoxy) is 1. The first-order valence-electron chi connectivity index (χ1n) is 7.48. The van der Waals surface area contributed by atoms with Gasteiger partial charge in [0.05, 0.1) is 5.88 Å². The highest BCUT2D eigenvalue weighted by Crippen LogP contribution is 2.14. The molecule has 0 aromatic heterocycles. The van der Waals surface area contributed by atoms with Gasteiger partial charge in [0.2, 0.25) is 0 Å². The van der Waals surface area contributed by atoms with Crippen LogP contribution in [0.3, 0.4) is 0 Å². The number of carboxylic acid groups (broad SMARTS) is 1. The van der Waals surface area contributed by atoms with E-state index in [0.717, 1.165) is 19.3 Å². The van der Waals surface area contributed by atoms with Crippen LogP contribution in [-0.2, 0) is 9.53 Å². The predicted octanol–water partition coefficient (Wildman–Crippen LogP) is 5.00. The standard InChI is InChI=1S/C11H9Cl2NO2.C6H11ClO2/c12-6-1-2-7-16-11(15)14-10-5-3-4-9(13)8-10;7-5-3-1-2-4-6(8)9/h3-5,8H,6-7H2,(H,14,15);1-5H2,(H,8,9). The second-order valence-corrected chi connectivity index (χ2v) is 5.67. The van der Waals surface area contributed by atoms with Crippen LogP contribution in [0, 0.1) is 11.8 Å². The van der Waals surface area contributed by atoms with Crippen LogP contribution in [0.1, 0.15) is 25.7 Å². The van der Waals surface area contributed by atoms with Gasteiger partial charge in [-0.05, 0) is 31.0 Å². The highest BCUT2D eigenvalue weighted by atomic mass is 35.5. The van der Waals surface area contributed by atoms with E-state index in [1.165, 1.54) is 0 Å². The van der Waals surface area contributed by atoms with E-state index in [0.29, 0.717) is 16.6 Å². The largest absolute Gasteiger partial charge is 0.481 e. The Balaban J connectivity index is 0.000000547. The summed E-state index contributed by atoms with van der Waals surface area (Å²) in [6.07, 6.45) is 2.30. The third kappa shape index (κ3) is 15.6. The lowest BCUT2D eigenvalue weighted by Gasteiger charge is -2.04. The maximum Gasteiger partial charge on any atom is 0.412 e. The van der Waals surface area contributed by atoms with E-state index in [9.17, 15) is 9.59 Å². The zero-order valence-corrected chi connectivity index (χ0v) is 15.8. The van der Waals surface area contributed by atoms with E-state index in [1.54, 1.807) is 24.3 Å². The first-order valence-corrected chi connectivity index (χ1v) is 8.93. The topological polar surface area (TPSA) is 75.6 Å². The Bertz CT molecular complexity index is 585. The molecule has 138 valence electrons. The van der Waals surface area contributed by atoms with E-state index < -0.39 is 12.1 Å². The molecule has 25 heavy (non-hydrogen) atoms.